The first-order chi connectivity index (χ1) is 11.7. The van der Waals surface area contributed by atoms with Crippen LogP contribution in [0.15, 0.2) is 30.3 Å². The van der Waals surface area contributed by atoms with Gasteiger partial charge in [-0.2, -0.15) is 0 Å². The van der Waals surface area contributed by atoms with E-state index in [0.29, 0.717) is 0 Å². The van der Waals surface area contributed by atoms with Crippen molar-refractivity contribution in [1.29, 1.82) is 0 Å². The number of nitrogens with one attached hydrogen (secondary N) is 2. The molecule has 0 saturated heterocycles. The molecule has 11 nitrogen and oxygen atoms in total. The van der Waals surface area contributed by atoms with E-state index in [1.165, 1.54) is 6.07 Å². The highest BCUT2D eigenvalue weighted by molar-refractivity contribution is 6.36. The number of nitrogens with zero attached hydrogens (tertiary/aromatic N) is 3. The number of rotatable bonds is 6. The summed E-state index contributed by atoms with van der Waals surface area (Å²) in [4.78, 5) is 30.2. The third kappa shape index (κ3) is 4.22. The lowest BCUT2D eigenvalue weighted by molar-refractivity contribution is -0.394. The average molecular weight is 388 g/mol. The third-order valence-electron chi connectivity index (χ3n) is 2.90. The topological polar surface area (TPSA) is 153 Å². The van der Waals surface area contributed by atoms with Gasteiger partial charge in [-0.15, -0.1) is 0 Å². The van der Waals surface area contributed by atoms with Crippen LogP contribution in [0.4, 0.5) is 28.4 Å². The van der Waals surface area contributed by atoms with Gasteiger partial charge in [0.05, 0.1) is 37.2 Å². The van der Waals surface area contributed by atoms with E-state index in [1.807, 2.05) is 0 Å². The molecule has 13 heteroatoms. The molecular weight excluding hydrogens is 381 g/mol. The number of benzene rings is 2. The molecule has 0 saturated carbocycles. The standard InChI is InChI=1S/C12H7Cl2N5O6/c13-9-5-12(19(24)25)10(14)4-11(9)16-15-6-1-7(17(20)21)3-8(2-6)18(22)23/h1-5,15-16H. The molecule has 2 rings (SSSR count). The van der Waals surface area contributed by atoms with E-state index in [4.69, 9.17) is 23.2 Å². The lowest BCUT2D eigenvalue weighted by Crippen LogP contribution is -2.10. The fourth-order valence-electron chi connectivity index (χ4n) is 1.79. The summed E-state index contributed by atoms with van der Waals surface area (Å²) < 4.78 is 0. The number of hydrogen-bond donors (Lipinski definition) is 2. The second kappa shape index (κ2) is 7.15. The molecule has 0 amide bonds. The highest BCUT2D eigenvalue weighted by Crippen LogP contribution is 2.34. The zero-order chi connectivity index (χ0) is 18.7. The number of halogens is 2. The zero-order valence-corrected chi connectivity index (χ0v) is 13.4. The lowest BCUT2D eigenvalue weighted by atomic mass is 10.2. The quantitative estimate of drug-likeness (QED) is 0.552. The number of nitro benzene ring substituents is 3. The van der Waals surface area contributed by atoms with Crippen LogP contribution >= 0.6 is 23.2 Å². The maximum atomic E-state index is 10.8. The summed E-state index contributed by atoms with van der Waals surface area (Å²) in [7, 11) is 0. The van der Waals surface area contributed by atoms with Crippen molar-refractivity contribution in [3.8, 4) is 0 Å². The monoisotopic (exact) mass is 387 g/mol. The number of hydrazine groups is 1. The second-order valence-corrected chi connectivity index (χ2v) is 5.36. The summed E-state index contributed by atoms with van der Waals surface area (Å²) in [6.45, 7) is 0. The Hall–Kier alpha value is -3.18. The molecule has 2 aromatic rings. The fourth-order valence-corrected chi connectivity index (χ4v) is 2.23. The summed E-state index contributed by atoms with van der Waals surface area (Å²) in [6.07, 6.45) is 0. The largest absolute Gasteiger partial charge is 0.300 e. The van der Waals surface area contributed by atoms with E-state index in [9.17, 15) is 30.3 Å². The number of non-ortho nitro benzene ring substituents is 2. The molecule has 0 bridgehead atoms. The minimum Gasteiger partial charge on any atom is -0.300 e. The molecule has 0 unspecified atom stereocenters. The van der Waals surface area contributed by atoms with Gasteiger partial charge in [-0.05, 0) is 6.07 Å². The molecule has 25 heavy (non-hydrogen) atoms. The van der Waals surface area contributed by atoms with Crippen molar-refractivity contribution in [2.45, 2.75) is 0 Å². The Bertz CT molecular complexity index is 858. The molecule has 130 valence electrons. The molecule has 0 radical (unpaired) electrons. The van der Waals surface area contributed by atoms with Crippen LogP contribution in [-0.4, -0.2) is 14.8 Å². The van der Waals surface area contributed by atoms with E-state index < -0.39 is 31.8 Å². The van der Waals surface area contributed by atoms with Crippen molar-refractivity contribution >= 4 is 51.6 Å². The SMILES string of the molecule is O=[N+]([O-])c1cc(NNc2cc(Cl)c([N+](=O)[O-])cc2Cl)cc([N+](=O)[O-])c1. The lowest BCUT2D eigenvalue weighted by Gasteiger charge is -2.11. The van der Waals surface area contributed by atoms with E-state index >= 15 is 0 Å². The van der Waals surface area contributed by atoms with Gasteiger partial charge in [0, 0.05) is 18.2 Å². The maximum absolute atomic E-state index is 10.8. The van der Waals surface area contributed by atoms with Crippen LogP contribution in [0.5, 0.6) is 0 Å². The van der Waals surface area contributed by atoms with Crippen LogP contribution in [0.25, 0.3) is 0 Å². The van der Waals surface area contributed by atoms with Crippen molar-refractivity contribution in [3.05, 3.63) is 70.7 Å². The molecule has 0 aromatic heterocycles. The van der Waals surface area contributed by atoms with Gasteiger partial charge in [-0.1, -0.05) is 23.2 Å². The highest BCUT2D eigenvalue weighted by Gasteiger charge is 2.18. The summed E-state index contributed by atoms with van der Waals surface area (Å²) in [5, 5.41) is 32.2. The van der Waals surface area contributed by atoms with Gasteiger partial charge < -0.3 is 5.43 Å². The van der Waals surface area contributed by atoms with Crippen molar-refractivity contribution in [2.75, 3.05) is 10.9 Å². The van der Waals surface area contributed by atoms with Gasteiger partial charge in [0.15, 0.2) is 0 Å². The minimum absolute atomic E-state index is 0.00596. The van der Waals surface area contributed by atoms with Gasteiger partial charge in [-0.3, -0.25) is 35.8 Å². The van der Waals surface area contributed by atoms with Gasteiger partial charge >= 0.3 is 0 Å². The molecule has 0 spiro atoms. The Morgan fingerprint density at radius 3 is 1.76 bits per heavy atom. The number of anilines is 2. The molecule has 2 N–H and O–H groups in total. The van der Waals surface area contributed by atoms with E-state index in [2.05, 4.69) is 10.9 Å². The first-order valence-electron chi connectivity index (χ1n) is 6.28. The maximum Gasteiger partial charge on any atom is 0.289 e. The van der Waals surface area contributed by atoms with Crippen molar-refractivity contribution in [2.24, 2.45) is 0 Å². The van der Waals surface area contributed by atoms with Gasteiger partial charge in [-0.25, -0.2) is 0 Å². The summed E-state index contributed by atoms with van der Waals surface area (Å²) >= 11 is 11.7. The third-order valence-corrected chi connectivity index (χ3v) is 3.51. The van der Waals surface area contributed by atoms with Crippen LogP contribution in [0, 0.1) is 30.3 Å². The Morgan fingerprint density at radius 2 is 1.28 bits per heavy atom. The molecule has 0 atom stereocenters. The molecule has 2 aromatic carbocycles. The normalized spacial score (nSPS) is 10.2. The highest BCUT2D eigenvalue weighted by atomic mass is 35.5. The summed E-state index contributed by atoms with van der Waals surface area (Å²) in [5.74, 6) is 0. The smallest absolute Gasteiger partial charge is 0.289 e. The number of hydrogen-bond acceptors (Lipinski definition) is 8. The molecular formula is C12H7Cl2N5O6. The average Bonchev–Trinajstić information content (AvgIpc) is 2.54. The number of nitro groups is 3. The van der Waals surface area contributed by atoms with Crippen LogP contribution in [0.3, 0.4) is 0 Å². The van der Waals surface area contributed by atoms with Crippen molar-refractivity contribution in [1.82, 2.24) is 0 Å². The van der Waals surface area contributed by atoms with Gasteiger partial charge in [0.25, 0.3) is 17.1 Å². The Kier molecular flexibility index (Phi) is 5.20. The first kappa shape index (κ1) is 18.2. The molecule has 0 heterocycles. The molecule has 0 fully saturated rings. The molecule has 0 aliphatic heterocycles. The van der Waals surface area contributed by atoms with Crippen LogP contribution in [0.2, 0.25) is 10.0 Å². The van der Waals surface area contributed by atoms with E-state index in [-0.39, 0.29) is 21.4 Å². The predicted molar refractivity (Wildman–Crippen MR) is 90.1 cm³/mol. The van der Waals surface area contributed by atoms with Crippen LogP contribution < -0.4 is 10.9 Å². The molecule has 0 aliphatic rings. The summed E-state index contributed by atoms with van der Waals surface area (Å²) in [6, 6.07) is 5.10. The second-order valence-electron chi connectivity index (χ2n) is 4.54. The van der Waals surface area contributed by atoms with E-state index in [1.54, 1.807) is 0 Å². The zero-order valence-electron chi connectivity index (χ0n) is 11.9. The summed E-state index contributed by atoms with van der Waals surface area (Å²) in [5.41, 5.74) is 3.78. The Labute approximate surface area is 148 Å². The van der Waals surface area contributed by atoms with Gasteiger partial charge in [0.2, 0.25) is 0 Å². The Balaban J connectivity index is 2.30. The predicted octanol–water partition coefficient (Wildman–Crippen LogP) is 4.16. The van der Waals surface area contributed by atoms with Crippen molar-refractivity contribution < 1.29 is 14.8 Å². The van der Waals surface area contributed by atoms with Crippen LogP contribution in [0.1, 0.15) is 0 Å². The van der Waals surface area contributed by atoms with Crippen LogP contribution in [-0.2, 0) is 0 Å². The minimum atomic E-state index is -0.784. The van der Waals surface area contributed by atoms with Gasteiger partial charge in [0.1, 0.15) is 5.02 Å². The van der Waals surface area contributed by atoms with E-state index in [0.717, 1.165) is 24.3 Å². The fraction of sp³-hybridized carbons (Fsp3) is 0. The Morgan fingerprint density at radius 1 is 0.720 bits per heavy atom. The first-order valence-corrected chi connectivity index (χ1v) is 7.04. The van der Waals surface area contributed by atoms with Crippen molar-refractivity contribution in [3.63, 3.8) is 0 Å². The molecule has 0 aliphatic carbocycles.